The standard InChI is InChI=1S/C18H36O11/c19-1-2-22-3-4-23-5-6-24-7-8-25-9-10-26-11-12-27-13-14-28-15-16-29-17-18(20)21/h19H,1-17H2,(H,20,21). The maximum atomic E-state index is 10.2. The highest BCUT2D eigenvalue weighted by molar-refractivity contribution is 5.67. The molecular formula is C18H36O11. The molecule has 0 fully saturated rings. The topological polar surface area (TPSA) is 131 Å². The van der Waals surface area contributed by atoms with E-state index in [9.17, 15) is 4.79 Å². The molecule has 0 aliphatic carbocycles. The number of carbonyl (C=O) groups is 1. The molecule has 0 saturated carbocycles. The average Bonchev–Trinajstić information content (AvgIpc) is 2.71. The van der Waals surface area contributed by atoms with Crippen LogP contribution in [0.1, 0.15) is 0 Å². The van der Waals surface area contributed by atoms with Gasteiger partial charge in [0, 0.05) is 0 Å². The van der Waals surface area contributed by atoms with Crippen LogP contribution < -0.4 is 0 Å². The Morgan fingerprint density at radius 2 is 0.690 bits per heavy atom. The van der Waals surface area contributed by atoms with Gasteiger partial charge in [-0.3, -0.25) is 0 Å². The third kappa shape index (κ3) is 27.1. The Bertz CT molecular complexity index is 331. The molecule has 0 amide bonds. The van der Waals surface area contributed by atoms with Crippen molar-refractivity contribution >= 4 is 5.97 Å². The number of hydrogen-bond donors (Lipinski definition) is 2. The molecular weight excluding hydrogens is 392 g/mol. The fourth-order valence-corrected chi connectivity index (χ4v) is 1.76. The minimum atomic E-state index is -0.994. The van der Waals surface area contributed by atoms with Crippen LogP contribution >= 0.6 is 0 Å². The summed E-state index contributed by atoms with van der Waals surface area (Å²) in [4.78, 5) is 10.2. The number of carboxylic acids is 1. The van der Waals surface area contributed by atoms with E-state index in [0.29, 0.717) is 92.5 Å². The second kappa shape index (κ2) is 25.1. The molecule has 0 rings (SSSR count). The number of aliphatic hydroxyl groups is 1. The van der Waals surface area contributed by atoms with E-state index in [1.807, 2.05) is 0 Å². The van der Waals surface area contributed by atoms with Gasteiger partial charge in [0.1, 0.15) is 6.61 Å². The summed E-state index contributed by atoms with van der Waals surface area (Å²) >= 11 is 0. The van der Waals surface area contributed by atoms with Crippen molar-refractivity contribution in [3.8, 4) is 0 Å². The molecule has 2 N–H and O–H groups in total. The van der Waals surface area contributed by atoms with Gasteiger partial charge in [-0.15, -0.1) is 0 Å². The zero-order chi connectivity index (χ0) is 21.3. The molecule has 0 bridgehead atoms. The van der Waals surface area contributed by atoms with Crippen molar-refractivity contribution in [2.75, 3.05) is 112 Å². The smallest absolute Gasteiger partial charge is 0.329 e. The van der Waals surface area contributed by atoms with E-state index in [1.165, 1.54) is 0 Å². The van der Waals surface area contributed by atoms with Gasteiger partial charge in [0.05, 0.1) is 106 Å². The first-order valence-electron chi connectivity index (χ1n) is 9.72. The minimum absolute atomic E-state index is 0.0216. The van der Waals surface area contributed by atoms with Crippen molar-refractivity contribution in [2.24, 2.45) is 0 Å². The molecule has 0 aliphatic rings. The summed E-state index contributed by atoms with van der Waals surface area (Å²) in [5.74, 6) is -0.994. The van der Waals surface area contributed by atoms with E-state index in [2.05, 4.69) is 0 Å². The molecule has 0 aromatic carbocycles. The second-order valence-electron chi connectivity index (χ2n) is 5.46. The number of rotatable bonds is 25. The number of ether oxygens (including phenoxy) is 8. The molecule has 0 heterocycles. The van der Waals surface area contributed by atoms with E-state index in [1.54, 1.807) is 0 Å². The van der Waals surface area contributed by atoms with E-state index in [-0.39, 0.29) is 19.8 Å². The van der Waals surface area contributed by atoms with E-state index < -0.39 is 5.97 Å². The van der Waals surface area contributed by atoms with Crippen molar-refractivity contribution in [2.45, 2.75) is 0 Å². The van der Waals surface area contributed by atoms with Gasteiger partial charge in [0.15, 0.2) is 0 Å². The summed E-state index contributed by atoms with van der Waals surface area (Å²) in [6.07, 6.45) is 0. The van der Waals surface area contributed by atoms with Gasteiger partial charge in [-0.05, 0) is 0 Å². The Labute approximate surface area is 172 Å². The summed E-state index contributed by atoms with van der Waals surface area (Å²) in [5.41, 5.74) is 0. The summed E-state index contributed by atoms with van der Waals surface area (Å²) in [6.45, 7) is 6.32. The molecule has 0 aliphatic heterocycles. The van der Waals surface area contributed by atoms with Crippen LogP contribution in [-0.4, -0.2) is 128 Å². The van der Waals surface area contributed by atoms with Crippen LogP contribution in [0.4, 0.5) is 0 Å². The zero-order valence-corrected chi connectivity index (χ0v) is 17.1. The molecule has 11 heteroatoms. The van der Waals surface area contributed by atoms with Gasteiger partial charge in [-0.1, -0.05) is 0 Å². The van der Waals surface area contributed by atoms with Gasteiger partial charge in [0.25, 0.3) is 0 Å². The van der Waals surface area contributed by atoms with Crippen molar-refractivity contribution < 1.29 is 52.9 Å². The van der Waals surface area contributed by atoms with Gasteiger partial charge in [0.2, 0.25) is 0 Å². The molecule has 11 nitrogen and oxygen atoms in total. The highest BCUT2D eigenvalue weighted by Gasteiger charge is 1.96. The Balaban J connectivity index is 2.99. The van der Waals surface area contributed by atoms with Crippen LogP contribution in [0.5, 0.6) is 0 Å². The number of hydrogen-bond acceptors (Lipinski definition) is 10. The minimum Gasteiger partial charge on any atom is -0.480 e. The lowest BCUT2D eigenvalue weighted by atomic mass is 10.6. The fraction of sp³-hybridized carbons (Fsp3) is 0.944. The Kier molecular flexibility index (Phi) is 24.4. The number of aliphatic hydroxyl groups excluding tert-OH is 1. The first kappa shape index (κ1) is 28.1. The normalized spacial score (nSPS) is 11.2. The van der Waals surface area contributed by atoms with Gasteiger partial charge < -0.3 is 48.1 Å². The molecule has 0 aromatic rings. The maximum Gasteiger partial charge on any atom is 0.329 e. The highest BCUT2D eigenvalue weighted by Crippen LogP contribution is 1.85. The lowest BCUT2D eigenvalue weighted by Crippen LogP contribution is -2.15. The lowest BCUT2D eigenvalue weighted by molar-refractivity contribution is -0.142. The van der Waals surface area contributed by atoms with Gasteiger partial charge >= 0.3 is 5.97 Å². The number of aliphatic carboxylic acids is 1. The summed E-state index contributed by atoms with van der Waals surface area (Å²) in [6, 6.07) is 0. The van der Waals surface area contributed by atoms with Crippen LogP contribution in [0.25, 0.3) is 0 Å². The van der Waals surface area contributed by atoms with Crippen molar-refractivity contribution in [3.63, 3.8) is 0 Å². The Hall–Kier alpha value is -0.890. The highest BCUT2D eigenvalue weighted by atomic mass is 16.6. The predicted molar refractivity (Wildman–Crippen MR) is 101 cm³/mol. The number of carboxylic acid groups (broad SMARTS) is 1. The Morgan fingerprint density at radius 1 is 0.448 bits per heavy atom. The van der Waals surface area contributed by atoms with Gasteiger partial charge in [-0.2, -0.15) is 0 Å². The first-order valence-corrected chi connectivity index (χ1v) is 9.72. The molecule has 0 saturated heterocycles. The van der Waals surface area contributed by atoms with Crippen LogP contribution in [-0.2, 0) is 42.7 Å². The molecule has 0 aromatic heterocycles. The van der Waals surface area contributed by atoms with Gasteiger partial charge in [-0.25, -0.2) is 4.79 Å². The van der Waals surface area contributed by atoms with Crippen LogP contribution in [0.15, 0.2) is 0 Å². The van der Waals surface area contributed by atoms with Crippen molar-refractivity contribution in [3.05, 3.63) is 0 Å². The van der Waals surface area contributed by atoms with Crippen molar-refractivity contribution in [1.82, 2.24) is 0 Å². The first-order chi connectivity index (χ1) is 14.3. The molecule has 174 valence electrons. The molecule has 0 atom stereocenters. The summed E-state index contributed by atoms with van der Waals surface area (Å²) in [5, 5.41) is 16.9. The van der Waals surface area contributed by atoms with E-state index >= 15 is 0 Å². The third-order valence-electron chi connectivity index (χ3n) is 3.07. The van der Waals surface area contributed by atoms with Crippen LogP contribution in [0.2, 0.25) is 0 Å². The third-order valence-corrected chi connectivity index (χ3v) is 3.07. The van der Waals surface area contributed by atoms with E-state index in [0.717, 1.165) is 0 Å². The largest absolute Gasteiger partial charge is 0.480 e. The maximum absolute atomic E-state index is 10.2. The molecule has 0 unspecified atom stereocenters. The second-order valence-corrected chi connectivity index (χ2v) is 5.46. The molecule has 29 heavy (non-hydrogen) atoms. The SMILES string of the molecule is O=C(O)COCCOCCOCCOCCOCCOCCOCCOCCO. The van der Waals surface area contributed by atoms with E-state index in [4.69, 9.17) is 48.1 Å². The Morgan fingerprint density at radius 3 is 0.931 bits per heavy atom. The fourth-order valence-electron chi connectivity index (χ4n) is 1.76. The summed E-state index contributed by atoms with van der Waals surface area (Å²) in [7, 11) is 0. The predicted octanol–water partition coefficient (Wildman–Crippen LogP) is -0.804. The molecule has 0 spiro atoms. The van der Waals surface area contributed by atoms with Crippen molar-refractivity contribution in [1.29, 1.82) is 0 Å². The van der Waals surface area contributed by atoms with Crippen LogP contribution in [0, 0.1) is 0 Å². The monoisotopic (exact) mass is 428 g/mol. The molecule has 0 radical (unpaired) electrons. The lowest BCUT2D eigenvalue weighted by Gasteiger charge is -2.08. The summed E-state index contributed by atoms with van der Waals surface area (Å²) < 4.78 is 41.8. The average molecular weight is 428 g/mol. The van der Waals surface area contributed by atoms with Crippen LogP contribution in [0.3, 0.4) is 0 Å². The zero-order valence-electron chi connectivity index (χ0n) is 17.1. The quantitative estimate of drug-likeness (QED) is 0.177.